The maximum Gasteiger partial charge on any atom is 0.0208 e. The Balaban J connectivity index is 2.42. The van der Waals surface area contributed by atoms with Crippen molar-refractivity contribution in [3.63, 3.8) is 0 Å². The molecule has 1 rings (SSSR count). The van der Waals surface area contributed by atoms with Gasteiger partial charge in [0.2, 0.25) is 0 Å². The van der Waals surface area contributed by atoms with Gasteiger partial charge in [0.25, 0.3) is 0 Å². The van der Waals surface area contributed by atoms with Gasteiger partial charge in [-0.05, 0) is 29.9 Å². The van der Waals surface area contributed by atoms with E-state index in [1.807, 2.05) is 0 Å². The van der Waals surface area contributed by atoms with E-state index in [4.69, 9.17) is 0 Å². The molecule has 0 heterocycles. The molecule has 0 atom stereocenters. The third kappa shape index (κ3) is 4.05. The van der Waals surface area contributed by atoms with Crippen LogP contribution in [0.25, 0.3) is 0 Å². The Morgan fingerprint density at radius 2 is 1.87 bits per heavy atom. The van der Waals surface area contributed by atoms with Gasteiger partial charge in [0, 0.05) is 13.1 Å². The van der Waals surface area contributed by atoms with Crippen molar-refractivity contribution in [3.8, 4) is 0 Å². The molecule has 1 nitrogen and oxygen atoms in total. The highest BCUT2D eigenvalue weighted by Crippen LogP contribution is 2.18. The Morgan fingerprint density at radius 3 is 2.47 bits per heavy atom. The summed E-state index contributed by atoms with van der Waals surface area (Å²) in [6, 6.07) is 8.56. The van der Waals surface area contributed by atoms with Crippen LogP contribution in [0.4, 0.5) is 0 Å². The minimum absolute atomic E-state index is 0.405. The van der Waals surface area contributed by atoms with Crippen molar-refractivity contribution in [2.24, 2.45) is 5.41 Å². The minimum Gasteiger partial charge on any atom is -0.312 e. The molecule has 0 spiro atoms. The zero-order valence-corrected chi connectivity index (χ0v) is 10.4. The van der Waals surface area contributed by atoms with E-state index in [1.54, 1.807) is 0 Å². The monoisotopic (exact) mass is 205 g/mol. The fourth-order valence-corrected chi connectivity index (χ4v) is 1.47. The molecular weight excluding hydrogens is 182 g/mol. The molecule has 0 aliphatic heterocycles. The molecule has 1 heteroatoms. The first-order valence-corrected chi connectivity index (χ1v) is 5.80. The topological polar surface area (TPSA) is 12.0 Å². The predicted molar refractivity (Wildman–Crippen MR) is 67.0 cm³/mol. The van der Waals surface area contributed by atoms with E-state index >= 15 is 0 Å². The summed E-state index contributed by atoms with van der Waals surface area (Å²) in [5.41, 5.74) is 3.19. The van der Waals surface area contributed by atoms with Crippen LogP contribution in [-0.2, 0) is 6.54 Å². The van der Waals surface area contributed by atoms with Crippen molar-refractivity contribution >= 4 is 0 Å². The van der Waals surface area contributed by atoms with Crippen molar-refractivity contribution in [2.75, 3.05) is 6.54 Å². The summed E-state index contributed by atoms with van der Waals surface area (Å²) in [4.78, 5) is 0. The van der Waals surface area contributed by atoms with Crippen LogP contribution in [0.3, 0.4) is 0 Å². The van der Waals surface area contributed by atoms with Gasteiger partial charge in [-0.15, -0.1) is 0 Å². The van der Waals surface area contributed by atoms with Crippen LogP contribution < -0.4 is 5.32 Å². The van der Waals surface area contributed by atoms with Crippen LogP contribution in [0.5, 0.6) is 0 Å². The van der Waals surface area contributed by atoms with Crippen molar-refractivity contribution in [3.05, 3.63) is 35.4 Å². The predicted octanol–water partition coefficient (Wildman–Crippen LogP) is 3.52. The van der Waals surface area contributed by atoms with Crippen LogP contribution in [-0.4, -0.2) is 6.54 Å². The smallest absolute Gasteiger partial charge is 0.0208 e. The molecule has 1 aromatic rings. The van der Waals surface area contributed by atoms with E-state index in [0.29, 0.717) is 5.41 Å². The zero-order chi connectivity index (χ0) is 11.3. The number of hydrogen-bond donors (Lipinski definition) is 1. The first-order chi connectivity index (χ1) is 7.05. The van der Waals surface area contributed by atoms with Crippen LogP contribution >= 0.6 is 0 Å². The van der Waals surface area contributed by atoms with Gasteiger partial charge < -0.3 is 5.32 Å². The third-order valence-electron chi connectivity index (χ3n) is 3.14. The maximum atomic E-state index is 3.53. The van der Waals surface area contributed by atoms with Gasteiger partial charge in [-0.3, -0.25) is 0 Å². The minimum atomic E-state index is 0.405. The number of hydrogen-bond acceptors (Lipinski definition) is 1. The lowest BCUT2D eigenvalue weighted by Gasteiger charge is -2.23. The van der Waals surface area contributed by atoms with Crippen molar-refractivity contribution in [2.45, 2.75) is 40.7 Å². The van der Waals surface area contributed by atoms with Crippen LogP contribution in [0.1, 0.15) is 38.3 Å². The maximum absolute atomic E-state index is 3.53. The fraction of sp³-hybridized carbons (Fsp3) is 0.571. The van der Waals surface area contributed by atoms with Gasteiger partial charge in [-0.2, -0.15) is 0 Å². The highest BCUT2D eigenvalue weighted by atomic mass is 14.9. The van der Waals surface area contributed by atoms with E-state index in [-0.39, 0.29) is 0 Å². The number of nitrogens with one attached hydrogen (secondary N) is 1. The molecule has 0 saturated heterocycles. The second-order valence-electron chi connectivity index (χ2n) is 5.05. The highest BCUT2D eigenvalue weighted by molar-refractivity contribution is 5.25. The van der Waals surface area contributed by atoms with Crippen molar-refractivity contribution in [1.82, 2.24) is 5.32 Å². The largest absolute Gasteiger partial charge is 0.312 e. The van der Waals surface area contributed by atoms with Crippen LogP contribution in [0, 0.1) is 12.3 Å². The quantitative estimate of drug-likeness (QED) is 0.775. The molecule has 0 bridgehead atoms. The van der Waals surface area contributed by atoms with Gasteiger partial charge in [-0.1, -0.05) is 45.0 Å². The van der Waals surface area contributed by atoms with E-state index < -0.39 is 0 Å². The lowest BCUT2D eigenvalue weighted by atomic mass is 9.90. The van der Waals surface area contributed by atoms with Gasteiger partial charge in [0.15, 0.2) is 0 Å². The SMILES string of the molecule is CCC(C)(C)CNCc1ccccc1C. The summed E-state index contributed by atoms with van der Waals surface area (Å²) in [5, 5.41) is 3.53. The lowest BCUT2D eigenvalue weighted by Crippen LogP contribution is -2.28. The molecule has 84 valence electrons. The van der Waals surface area contributed by atoms with E-state index in [0.717, 1.165) is 13.1 Å². The van der Waals surface area contributed by atoms with Crippen molar-refractivity contribution < 1.29 is 0 Å². The number of benzene rings is 1. The van der Waals surface area contributed by atoms with Crippen LogP contribution in [0.15, 0.2) is 24.3 Å². The molecular formula is C14H23N. The van der Waals surface area contributed by atoms with Gasteiger partial charge in [0.05, 0.1) is 0 Å². The first kappa shape index (κ1) is 12.3. The fourth-order valence-electron chi connectivity index (χ4n) is 1.47. The lowest BCUT2D eigenvalue weighted by molar-refractivity contribution is 0.327. The van der Waals surface area contributed by atoms with Gasteiger partial charge in [0.1, 0.15) is 0 Å². The van der Waals surface area contributed by atoms with Gasteiger partial charge in [-0.25, -0.2) is 0 Å². The summed E-state index contributed by atoms with van der Waals surface area (Å²) < 4.78 is 0. The summed E-state index contributed by atoms with van der Waals surface area (Å²) >= 11 is 0. The Hall–Kier alpha value is -0.820. The first-order valence-electron chi connectivity index (χ1n) is 5.80. The number of aryl methyl sites for hydroxylation is 1. The summed E-state index contributed by atoms with van der Waals surface area (Å²) in [6.45, 7) is 11.1. The van der Waals surface area contributed by atoms with Gasteiger partial charge >= 0.3 is 0 Å². The average molecular weight is 205 g/mol. The molecule has 0 aliphatic rings. The second kappa shape index (κ2) is 5.32. The Morgan fingerprint density at radius 1 is 1.20 bits per heavy atom. The second-order valence-corrected chi connectivity index (χ2v) is 5.05. The molecule has 1 N–H and O–H groups in total. The zero-order valence-electron chi connectivity index (χ0n) is 10.4. The summed E-state index contributed by atoms with van der Waals surface area (Å²) in [7, 11) is 0. The van der Waals surface area contributed by atoms with E-state index in [9.17, 15) is 0 Å². The Bertz CT molecular complexity index is 302. The van der Waals surface area contributed by atoms with E-state index in [1.165, 1.54) is 17.5 Å². The molecule has 0 aliphatic carbocycles. The highest BCUT2D eigenvalue weighted by Gasteiger charge is 2.13. The van der Waals surface area contributed by atoms with E-state index in [2.05, 4.69) is 57.3 Å². The van der Waals surface area contributed by atoms with Crippen molar-refractivity contribution in [1.29, 1.82) is 0 Å². The number of rotatable bonds is 5. The Labute approximate surface area is 93.9 Å². The molecule has 15 heavy (non-hydrogen) atoms. The Kier molecular flexibility index (Phi) is 4.34. The molecule has 0 saturated carbocycles. The summed E-state index contributed by atoms with van der Waals surface area (Å²) in [5.74, 6) is 0. The standard InChI is InChI=1S/C14H23N/c1-5-14(3,4)11-15-10-13-9-7-6-8-12(13)2/h6-9,15H,5,10-11H2,1-4H3. The molecule has 0 aromatic heterocycles. The third-order valence-corrected chi connectivity index (χ3v) is 3.14. The average Bonchev–Trinajstić information content (AvgIpc) is 2.21. The molecule has 0 unspecified atom stereocenters. The molecule has 1 aromatic carbocycles. The summed E-state index contributed by atoms with van der Waals surface area (Å²) in [6.07, 6.45) is 1.22. The molecule has 0 radical (unpaired) electrons. The molecule has 0 amide bonds. The van der Waals surface area contributed by atoms with Crippen LogP contribution in [0.2, 0.25) is 0 Å². The normalized spacial score (nSPS) is 11.7. The molecule has 0 fully saturated rings.